The molecule has 0 aliphatic heterocycles. The fraction of sp³-hybridized carbons (Fsp3) is 0.190. The van der Waals surface area contributed by atoms with Crippen LogP contribution >= 0.6 is 0 Å². The molecule has 0 spiro atoms. The highest BCUT2D eigenvalue weighted by atomic mass is 16.5. The van der Waals surface area contributed by atoms with Crippen molar-refractivity contribution in [1.29, 1.82) is 0 Å². The Morgan fingerprint density at radius 1 is 1.00 bits per heavy atom. The van der Waals surface area contributed by atoms with Crippen molar-refractivity contribution in [1.82, 2.24) is 15.1 Å². The van der Waals surface area contributed by atoms with Gasteiger partial charge in [0.05, 0.1) is 30.4 Å². The van der Waals surface area contributed by atoms with Crippen LogP contribution in [0.15, 0.2) is 53.1 Å². The number of rotatable bonds is 5. The van der Waals surface area contributed by atoms with Gasteiger partial charge in [0.25, 0.3) is 5.89 Å². The lowest BCUT2D eigenvalue weighted by Gasteiger charge is -2.08. The Morgan fingerprint density at radius 2 is 1.85 bits per heavy atom. The second kappa shape index (κ2) is 7.07. The van der Waals surface area contributed by atoms with Gasteiger partial charge in [-0.3, -0.25) is 0 Å². The van der Waals surface area contributed by atoms with Gasteiger partial charge in [0.2, 0.25) is 11.7 Å². The maximum Gasteiger partial charge on any atom is 0.262 e. The van der Waals surface area contributed by atoms with Gasteiger partial charge in [-0.05, 0) is 44.2 Å². The first kappa shape index (κ1) is 17.0. The molecule has 0 unspecified atom stereocenters. The fourth-order valence-electron chi connectivity index (χ4n) is 2.95. The van der Waals surface area contributed by atoms with E-state index in [0.29, 0.717) is 35.5 Å². The number of nitrogens with zero attached hydrogens (tertiary/aromatic N) is 3. The second-order valence-electron chi connectivity index (χ2n) is 6.09. The average molecular weight is 361 g/mol. The van der Waals surface area contributed by atoms with Crippen LogP contribution in [0.25, 0.3) is 33.7 Å². The van der Waals surface area contributed by atoms with E-state index in [4.69, 9.17) is 14.0 Å². The first-order valence-corrected chi connectivity index (χ1v) is 8.71. The fourth-order valence-corrected chi connectivity index (χ4v) is 2.95. The molecule has 2 aromatic carbocycles. The molecule has 0 amide bonds. The van der Waals surface area contributed by atoms with E-state index in [0.717, 1.165) is 22.0 Å². The van der Waals surface area contributed by atoms with Crippen molar-refractivity contribution in [2.24, 2.45) is 0 Å². The molecule has 6 heteroatoms. The largest absolute Gasteiger partial charge is 0.496 e. The van der Waals surface area contributed by atoms with E-state index in [2.05, 4.69) is 21.2 Å². The summed E-state index contributed by atoms with van der Waals surface area (Å²) < 4.78 is 16.6. The van der Waals surface area contributed by atoms with Crippen LogP contribution in [-0.2, 0) is 0 Å². The molecule has 0 aliphatic carbocycles. The Balaban J connectivity index is 1.84. The number of aromatic nitrogens is 3. The van der Waals surface area contributed by atoms with Gasteiger partial charge < -0.3 is 14.0 Å². The summed E-state index contributed by atoms with van der Waals surface area (Å²) in [6.45, 7) is 4.46. The summed E-state index contributed by atoms with van der Waals surface area (Å²) in [5.74, 6) is 1.97. The standard InChI is InChI=1S/C21H19N3O3/c1-4-26-20-16(12-14-11-13(2)9-10-17(14)22-20)19-23-21(27-24-19)15-7-5-6-8-18(15)25-3/h5-12H,4H2,1-3H3. The van der Waals surface area contributed by atoms with Crippen LogP contribution in [0.4, 0.5) is 0 Å². The molecule has 136 valence electrons. The molecule has 0 N–H and O–H groups in total. The zero-order valence-electron chi connectivity index (χ0n) is 15.4. The van der Waals surface area contributed by atoms with E-state index in [1.54, 1.807) is 7.11 Å². The van der Waals surface area contributed by atoms with Crippen LogP contribution in [0.1, 0.15) is 12.5 Å². The molecule has 2 heterocycles. The van der Waals surface area contributed by atoms with Crippen molar-refractivity contribution >= 4 is 10.9 Å². The zero-order chi connectivity index (χ0) is 18.8. The highest BCUT2D eigenvalue weighted by molar-refractivity contribution is 5.85. The van der Waals surface area contributed by atoms with Crippen LogP contribution in [0.2, 0.25) is 0 Å². The number of aryl methyl sites for hydroxylation is 1. The van der Waals surface area contributed by atoms with E-state index in [-0.39, 0.29) is 0 Å². The number of hydrogen-bond donors (Lipinski definition) is 0. The maximum atomic E-state index is 5.73. The summed E-state index contributed by atoms with van der Waals surface area (Å²) in [4.78, 5) is 9.18. The molecule has 0 saturated carbocycles. The summed E-state index contributed by atoms with van der Waals surface area (Å²) >= 11 is 0. The molecule has 0 radical (unpaired) electrons. The number of hydrogen-bond acceptors (Lipinski definition) is 6. The highest BCUT2D eigenvalue weighted by Gasteiger charge is 2.19. The second-order valence-corrected chi connectivity index (χ2v) is 6.09. The highest BCUT2D eigenvalue weighted by Crippen LogP contribution is 2.34. The van der Waals surface area contributed by atoms with Crippen molar-refractivity contribution < 1.29 is 14.0 Å². The number of ether oxygens (including phenoxy) is 2. The van der Waals surface area contributed by atoms with E-state index in [1.807, 2.05) is 56.3 Å². The minimum absolute atomic E-state index is 0.384. The molecule has 0 aliphatic rings. The Bertz CT molecular complexity index is 1100. The summed E-state index contributed by atoms with van der Waals surface area (Å²) in [5.41, 5.74) is 3.45. The van der Waals surface area contributed by atoms with Crippen LogP contribution in [0.3, 0.4) is 0 Å². The maximum absolute atomic E-state index is 5.73. The molecule has 4 aromatic rings. The third-order valence-corrected chi connectivity index (χ3v) is 4.22. The average Bonchev–Trinajstić information content (AvgIpc) is 3.17. The zero-order valence-corrected chi connectivity index (χ0v) is 15.4. The summed E-state index contributed by atoms with van der Waals surface area (Å²) in [7, 11) is 1.61. The van der Waals surface area contributed by atoms with Crippen molar-refractivity contribution in [3.63, 3.8) is 0 Å². The SMILES string of the molecule is CCOc1nc2ccc(C)cc2cc1-c1noc(-c2ccccc2OC)n1. The Morgan fingerprint density at radius 3 is 2.67 bits per heavy atom. The quantitative estimate of drug-likeness (QED) is 0.514. The molecule has 2 aromatic heterocycles. The van der Waals surface area contributed by atoms with E-state index >= 15 is 0 Å². The molecule has 4 rings (SSSR count). The summed E-state index contributed by atoms with van der Waals surface area (Å²) in [6, 6.07) is 15.6. The number of benzene rings is 2. The lowest BCUT2D eigenvalue weighted by molar-refractivity contribution is 0.329. The van der Waals surface area contributed by atoms with Gasteiger partial charge in [-0.2, -0.15) is 4.98 Å². The number of methoxy groups -OCH3 is 1. The first-order chi connectivity index (χ1) is 13.2. The number of para-hydroxylation sites is 1. The summed E-state index contributed by atoms with van der Waals surface area (Å²) in [5, 5.41) is 5.15. The van der Waals surface area contributed by atoms with E-state index in [9.17, 15) is 0 Å². The first-order valence-electron chi connectivity index (χ1n) is 8.71. The van der Waals surface area contributed by atoms with Crippen molar-refractivity contribution in [2.75, 3.05) is 13.7 Å². The van der Waals surface area contributed by atoms with Gasteiger partial charge in [0, 0.05) is 5.39 Å². The van der Waals surface area contributed by atoms with Gasteiger partial charge in [-0.1, -0.05) is 28.9 Å². The predicted molar refractivity (Wildman–Crippen MR) is 103 cm³/mol. The third-order valence-electron chi connectivity index (χ3n) is 4.22. The van der Waals surface area contributed by atoms with Gasteiger partial charge in [-0.15, -0.1) is 0 Å². The van der Waals surface area contributed by atoms with E-state index < -0.39 is 0 Å². The monoisotopic (exact) mass is 361 g/mol. The van der Waals surface area contributed by atoms with Crippen molar-refractivity contribution in [3.8, 4) is 34.5 Å². The Kier molecular flexibility index (Phi) is 4.46. The van der Waals surface area contributed by atoms with Crippen LogP contribution in [0, 0.1) is 6.92 Å². The topological polar surface area (TPSA) is 70.3 Å². The lowest BCUT2D eigenvalue weighted by Crippen LogP contribution is -1.98. The van der Waals surface area contributed by atoms with Crippen molar-refractivity contribution in [3.05, 3.63) is 54.1 Å². The van der Waals surface area contributed by atoms with Crippen molar-refractivity contribution in [2.45, 2.75) is 13.8 Å². The molecular weight excluding hydrogens is 342 g/mol. The van der Waals surface area contributed by atoms with Gasteiger partial charge in [0.15, 0.2) is 0 Å². The molecule has 0 fully saturated rings. The normalized spacial score (nSPS) is 10.9. The molecule has 0 bridgehead atoms. The Labute approximate surface area is 156 Å². The minimum atomic E-state index is 0.384. The minimum Gasteiger partial charge on any atom is -0.496 e. The third kappa shape index (κ3) is 3.21. The Hall–Kier alpha value is -3.41. The van der Waals surface area contributed by atoms with Gasteiger partial charge in [0.1, 0.15) is 5.75 Å². The predicted octanol–water partition coefficient (Wildman–Crippen LogP) is 4.67. The number of fused-ring (bicyclic) bond motifs is 1. The lowest BCUT2D eigenvalue weighted by atomic mass is 10.1. The molecular formula is C21H19N3O3. The molecule has 6 nitrogen and oxygen atoms in total. The van der Waals surface area contributed by atoms with Gasteiger partial charge in [-0.25, -0.2) is 4.98 Å². The molecule has 0 atom stereocenters. The van der Waals surface area contributed by atoms with Gasteiger partial charge >= 0.3 is 0 Å². The molecule has 27 heavy (non-hydrogen) atoms. The summed E-state index contributed by atoms with van der Waals surface area (Å²) in [6.07, 6.45) is 0. The number of pyridine rings is 1. The van der Waals surface area contributed by atoms with Crippen LogP contribution in [-0.4, -0.2) is 28.8 Å². The smallest absolute Gasteiger partial charge is 0.262 e. The molecule has 0 saturated heterocycles. The van der Waals surface area contributed by atoms with Crippen LogP contribution < -0.4 is 9.47 Å². The van der Waals surface area contributed by atoms with Crippen LogP contribution in [0.5, 0.6) is 11.6 Å². The van der Waals surface area contributed by atoms with E-state index in [1.165, 1.54) is 0 Å².